The number of allylic oxidation sites excluding steroid dienone is 10. The highest BCUT2D eigenvalue weighted by Gasteiger charge is 2.36. The van der Waals surface area contributed by atoms with Crippen LogP contribution in [0, 0.1) is 0 Å². The monoisotopic (exact) mass is 796 g/mol. The maximum atomic E-state index is 5.17. The van der Waals surface area contributed by atoms with Crippen molar-refractivity contribution in [1.29, 1.82) is 0 Å². The van der Waals surface area contributed by atoms with Gasteiger partial charge in [0.05, 0.1) is 28.5 Å². The van der Waals surface area contributed by atoms with Crippen LogP contribution in [0.25, 0.3) is 55.5 Å². The van der Waals surface area contributed by atoms with E-state index in [0.29, 0.717) is 0 Å². The summed E-state index contributed by atoms with van der Waals surface area (Å²) in [7, 11) is 0. The molecule has 0 saturated carbocycles. The summed E-state index contributed by atoms with van der Waals surface area (Å²) < 4.78 is 2.42. The number of hydrogen-bond acceptors (Lipinski definition) is 3. The fourth-order valence-electron chi connectivity index (χ4n) is 10.1. The van der Waals surface area contributed by atoms with Crippen molar-refractivity contribution in [2.75, 3.05) is 4.90 Å². The van der Waals surface area contributed by atoms with Crippen LogP contribution in [0.5, 0.6) is 0 Å². The molecular formula is C58H44N4. The molecule has 3 aliphatic carbocycles. The predicted octanol–water partition coefficient (Wildman–Crippen LogP) is 14.4. The Hall–Kier alpha value is -7.56. The first kappa shape index (κ1) is 36.3. The fraction of sp³-hybridized carbons (Fsp3) is 0.103. The molecule has 6 aromatic carbocycles. The van der Waals surface area contributed by atoms with Crippen LogP contribution in [-0.2, 0) is 0 Å². The number of benzene rings is 6. The van der Waals surface area contributed by atoms with Crippen LogP contribution in [-0.4, -0.2) is 20.6 Å². The zero-order valence-electron chi connectivity index (χ0n) is 34.3. The van der Waals surface area contributed by atoms with Gasteiger partial charge in [-0.2, -0.15) is 0 Å². The lowest BCUT2D eigenvalue weighted by atomic mass is 9.89. The molecule has 0 radical (unpaired) electrons. The third-order valence-corrected chi connectivity index (χ3v) is 13.1. The Bertz CT molecular complexity index is 3210. The lowest BCUT2D eigenvalue weighted by Gasteiger charge is -2.29. The predicted molar refractivity (Wildman–Crippen MR) is 258 cm³/mol. The van der Waals surface area contributed by atoms with Gasteiger partial charge in [0.15, 0.2) is 0 Å². The third kappa shape index (κ3) is 6.30. The lowest BCUT2D eigenvalue weighted by Crippen LogP contribution is -2.27. The summed E-state index contributed by atoms with van der Waals surface area (Å²) in [5, 5.41) is 2.53. The van der Waals surface area contributed by atoms with Crippen molar-refractivity contribution in [3.8, 4) is 16.9 Å². The molecule has 12 rings (SSSR count). The average molecular weight is 797 g/mol. The molecule has 296 valence electrons. The van der Waals surface area contributed by atoms with Crippen LogP contribution in [0.4, 0.5) is 11.4 Å². The lowest BCUT2D eigenvalue weighted by molar-refractivity contribution is 0.732. The van der Waals surface area contributed by atoms with E-state index >= 15 is 0 Å². The van der Waals surface area contributed by atoms with Gasteiger partial charge in [0.25, 0.3) is 0 Å². The van der Waals surface area contributed by atoms with Gasteiger partial charge in [0.1, 0.15) is 5.82 Å². The largest absolute Gasteiger partial charge is 0.333 e. The van der Waals surface area contributed by atoms with Crippen LogP contribution in [0.2, 0.25) is 0 Å². The Morgan fingerprint density at radius 1 is 0.516 bits per heavy atom. The molecule has 2 aromatic heterocycles. The summed E-state index contributed by atoms with van der Waals surface area (Å²) in [6.07, 6.45) is 23.3. The van der Waals surface area contributed by atoms with E-state index in [9.17, 15) is 0 Å². The Morgan fingerprint density at radius 2 is 1.27 bits per heavy atom. The van der Waals surface area contributed by atoms with Crippen LogP contribution >= 0.6 is 0 Å². The van der Waals surface area contributed by atoms with E-state index in [4.69, 9.17) is 9.97 Å². The SMILES string of the molecule is C1=CCC(c2nc(-c3ccccc3)cc(C3C=CC(c4ccc(-n5c6ccccc6c6cc(C7=CCC8C(=C7)c7ccccc7N8c7ccccc7)ccc65)cc4)=CC3)n2)C=C1. The summed E-state index contributed by atoms with van der Waals surface area (Å²) in [5.74, 6) is 1.27. The molecule has 3 heterocycles. The second-order valence-electron chi connectivity index (χ2n) is 16.8. The van der Waals surface area contributed by atoms with Gasteiger partial charge in [-0.1, -0.05) is 152 Å². The number of para-hydroxylation sites is 3. The van der Waals surface area contributed by atoms with Crippen molar-refractivity contribution in [3.63, 3.8) is 0 Å². The van der Waals surface area contributed by atoms with E-state index in [2.05, 4.69) is 222 Å². The average Bonchev–Trinajstić information content (AvgIpc) is 3.87. The summed E-state index contributed by atoms with van der Waals surface area (Å²) in [6, 6.07) is 57.6. The summed E-state index contributed by atoms with van der Waals surface area (Å²) in [6.45, 7) is 0. The van der Waals surface area contributed by atoms with E-state index in [0.717, 1.165) is 47.7 Å². The minimum atomic E-state index is 0.188. The molecule has 0 N–H and O–H groups in total. The molecule has 62 heavy (non-hydrogen) atoms. The second-order valence-corrected chi connectivity index (χ2v) is 16.8. The minimum Gasteiger partial charge on any atom is -0.333 e. The highest BCUT2D eigenvalue weighted by atomic mass is 15.2. The number of aromatic nitrogens is 3. The van der Waals surface area contributed by atoms with E-state index in [1.54, 1.807) is 0 Å². The van der Waals surface area contributed by atoms with Gasteiger partial charge in [0.2, 0.25) is 0 Å². The van der Waals surface area contributed by atoms with Gasteiger partial charge in [-0.3, -0.25) is 0 Å². The Balaban J connectivity index is 0.829. The number of anilines is 2. The molecule has 1 aliphatic heterocycles. The normalized spacial score (nSPS) is 19.0. The van der Waals surface area contributed by atoms with Crippen LogP contribution < -0.4 is 4.90 Å². The smallest absolute Gasteiger partial charge is 0.136 e. The van der Waals surface area contributed by atoms with Crippen molar-refractivity contribution in [2.24, 2.45) is 0 Å². The van der Waals surface area contributed by atoms with Crippen molar-refractivity contribution in [1.82, 2.24) is 14.5 Å². The summed E-state index contributed by atoms with van der Waals surface area (Å²) >= 11 is 0. The Kier molecular flexibility index (Phi) is 8.88. The minimum absolute atomic E-state index is 0.188. The standard InChI is InChI=1S/C58H44N4/c1-4-14-41(15-5-1)52-38-53(60-58(59-52)43-16-6-2-7-17-43)42-26-24-39(25-27-42)40-28-32-47(33-29-40)62-55-23-13-11-21-49(55)51-37-45(31-35-57(51)62)44-30-34-56-50(36-44)48-20-10-12-22-54(48)61(56)46-18-8-3-9-19-46/h1-16,18-26,28-33,35-38,42-43,56H,17,27,34H2. The van der Waals surface area contributed by atoms with Gasteiger partial charge in [-0.15, -0.1) is 0 Å². The molecular weight excluding hydrogens is 753 g/mol. The Morgan fingerprint density at radius 3 is 2.10 bits per heavy atom. The molecule has 4 aliphatic rings. The summed E-state index contributed by atoms with van der Waals surface area (Å²) in [5.41, 5.74) is 17.0. The summed E-state index contributed by atoms with van der Waals surface area (Å²) in [4.78, 5) is 12.7. The zero-order chi connectivity index (χ0) is 41.0. The van der Waals surface area contributed by atoms with Crippen molar-refractivity contribution >= 4 is 49.9 Å². The van der Waals surface area contributed by atoms with E-state index in [1.807, 2.05) is 0 Å². The van der Waals surface area contributed by atoms with Gasteiger partial charge in [-0.25, -0.2) is 9.97 Å². The van der Waals surface area contributed by atoms with Gasteiger partial charge >= 0.3 is 0 Å². The molecule has 0 bridgehead atoms. The third-order valence-electron chi connectivity index (χ3n) is 13.1. The highest BCUT2D eigenvalue weighted by Crippen LogP contribution is 2.49. The van der Waals surface area contributed by atoms with E-state index < -0.39 is 0 Å². The van der Waals surface area contributed by atoms with Crippen molar-refractivity contribution in [2.45, 2.75) is 37.1 Å². The van der Waals surface area contributed by atoms with Gasteiger partial charge < -0.3 is 9.47 Å². The van der Waals surface area contributed by atoms with Gasteiger partial charge in [0, 0.05) is 50.8 Å². The van der Waals surface area contributed by atoms with E-state index in [-0.39, 0.29) is 17.9 Å². The molecule has 4 heteroatoms. The molecule has 0 fully saturated rings. The second kappa shape index (κ2) is 15.2. The Labute approximate surface area is 362 Å². The maximum Gasteiger partial charge on any atom is 0.136 e. The maximum absolute atomic E-state index is 5.17. The van der Waals surface area contributed by atoms with E-state index in [1.165, 1.54) is 66.6 Å². The molecule has 8 aromatic rings. The van der Waals surface area contributed by atoms with Crippen molar-refractivity contribution in [3.05, 3.63) is 241 Å². The van der Waals surface area contributed by atoms with Crippen LogP contribution in [0.1, 0.15) is 59.3 Å². The molecule has 0 amide bonds. The number of nitrogens with zero attached hydrogens (tertiary/aromatic N) is 4. The molecule has 3 unspecified atom stereocenters. The van der Waals surface area contributed by atoms with Crippen LogP contribution in [0.15, 0.2) is 212 Å². The highest BCUT2D eigenvalue weighted by molar-refractivity contribution is 6.10. The first-order valence-electron chi connectivity index (χ1n) is 21.9. The topological polar surface area (TPSA) is 34.0 Å². The first-order valence-corrected chi connectivity index (χ1v) is 21.9. The molecule has 3 atom stereocenters. The molecule has 0 saturated heterocycles. The van der Waals surface area contributed by atoms with Gasteiger partial charge in [-0.05, 0) is 108 Å². The zero-order valence-corrected chi connectivity index (χ0v) is 34.3. The van der Waals surface area contributed by atoms with Crippen molar-refractivity contribution < 1.29 is 0 Å². The molecule has 0 spiro atoms. The number of rotatable bonds is 7. The van der Waals surface area contributed by atoms with Crippen LogP contribution in [0.3, 0.4) is 0 Å². The quantitative estimate of drug-likeness (QED) is 0.161. The number of fused-ring (bicyclic) bond motifs is 6. The first-order chi connectivity index (χ1) is 30.7. The molecule has 4 nitrogen and oxygen atoms in total. The fourth-order valence-corrected chi connectivity index (χ4v) is 10.1. The number of hydrogen-bond donors (Lipinski definition) is 0.